The van der Waals surface area contributed by atoms with Gasteiger partial charge in [0.2, 0.25) is 0 Å². The van der Waals surface area contributed by atoms with Gasteiger partial charge in [-0.25, -0.2) is 0 Å². The molecule has 0 nitrogen and oxygen atoms in total. The second-order valence-electron chi connectivity index (χ2n) is 3.74. The van der Waals surface area contributed by atoms with Gasteiger partial charge in [0, 0.05) is 5.02 Å². The Morgan fingerprint density at radius 1 is 1.17 bits per heavy atom. The van der Waals surface area contributed by atoms with Crippen molar-refractivity contribution in [3.63, 3.8) is 0 Å². The van der Waals surface area contributed by atoms with Gasteiger partial charge in [-0.05, 0) is 29.5 Å². The molecule has 0 radical (unpaired) electrons. The molecule has 0 aliphatic carbocycles. The maximum atomic E-state index is 5.80. The molecule has 0 fully saturated rings. The zero-order chi connectivity index (χ0) is 9.19. The van der Waals surface area contributed by atoms with Crippen molar-refractivity contribution in [1.82, 2.24) is 0 Å². The standard InChI is InChI=1S/C11H15Cl/c1-4-11(2,3)9-5-7-10(12)8-6-9/h5-8H,4H2,1-3H3. The van der Waals surface area contributed by atoms with Gasteiger partial charge < -0.3 is 0 Å². The molecule has 0 bridgehead atoms. The summed E-state index contributed by atoms with van der Waals surface area (Å²) in [5.74, 6) is 0. The molecule has 1 aromatic rings. The topological polar surface area (TPSA) is 0 Å². The average Bonchev–Trinajstić information content (AvgIpc) is 2.05. The minimum atomic E-state index is 0.268. The first-order valence-corrected chi connectivity index (χ1v) is 4.70. The van der Waals surface area contributed by atoms with Gasteiger partial charge in [-0.2, -0.15) is 0 Å². The summed E-state index contributed by atoms with van der Waals surface area (Å²) in [5.41, 5.74) is 1.62. The fraction of sp³-hybridized carbons (Fsp3) is 0.455. The van der Waals surface area contributed by atoms with Gasteiger partial charge in [0.15, 0.2) is 0 Å². The van der Waals surface area contributed by atoms with E-state index in [1.807, 2.05) is 12.1 Å². The van der Waals surface area contributed by atoms with Crippen LogP contribution in [0.25, 0.3) is 0 Å². The number of hydrogen-bond acceptors (Lipinski definition) is 0. The molecular formula is C11H15Cl. The lowest BCUT2D eigenvalue weighted by Crippen LogP contribution is -2.14. The Hall–Kier alpha value is -0.490. The van der Waals surface area contributed by atoms with Crippen LogP contribution >= 0.6 is 11.6 Å². The Morgan fingerprint density at radius 3 is 2.08 bits per heavy atom. The maximum absolute atomic E-state index is 5.80. The summed E-state index contributed by atoms with van der Waals surface area (Å²) in [5, 5.41) is 0.811. The van der Waals surface area contributed by atoms with E-state index in [1.165, 1.54) is 5.56 Å². The monoisotopic (exact) mass is 182 g/mol. The normalized spacial score (nSPS) is 11.7. The first kappa shape index (κ1) is 9.60. The van der Waals surface area contributed by atoms with Crippen LogP contribution in [0.15, 0.2) is 24.3 Å². The van der Waals surface area contributed by atoms with Crippen molar-refractivity contribution in [3.8, 4) is 0 Å². The molecule has 0 saturated carbocycles. The van der Waals surface area contributed by atoms with Gasteiger partial charge in [-0.15, -0.1) is 0 Å². The summed E-state index contributed by atoms with van der Waals surface area (Å²) in [6.45, 7) is 6.70. The van der Waals surface area contributed by atoms with E-state index in [-0.39, 0.29) is 5.41 Å². The lowest BCUT2D eigenvalue weighted by atomic mass is 9.82. The van der Waals surface area contributed by atoms with Crippen molar-refractivity contribution < 1.29 is 0 Å². The van der Waals surface area contributed by atoms with Crippen LogP contribution in [0, 0.1) is 0 Å². The van der Waals surface area contributed by atoms with Crippen LogP contribution in [-0.2, 0) is 5.41 Å². The third-order valence-corrected chi connectivity index (χ3v) is 2.76. The molecule has 1 aromatic carbocycles. The maximum Gasteiger partial charge on any atom is 0.0406 e. The molecule has 0 spiro atoms. The molecule has 0 aliphatic rings. The average molecular weight is 183 g/mol. The van der Waals surface area contributed by atoms with Gasteiger partial charge in [0.05, 0.1) is 0 Å². The predicted octanol–water partition coefficient (Wildman–Crippen LogP) is 4.03. The van der Waals surface area contributed by atoms with Gasteiger partial charge in [-0.3, -0.25) is 0 Å². The summed E-state index contributed by atoms with van der Waals surface area (Å²) in [7, 11) is 0. The number of rotatable bonds is 2. The molecule has 0 heterocycles. The highest BCUT2D eigenvalue weighted by molar-refractivity contribution is 6.30. The predicted molar refractivity (Wildman–Crippen MR) is 54.8 cm³/mol. The van der Waals surface area contributed by atoms with Crippen LogP contribution in [0.4, 0.5) is 0 Å². The molecule has 0 atom stereocenters. The lowest BCUT2D eigenvalue weighted by Gasteiger charge is -2.23. The Bertz CT molecular complexity index is 246. The molecule has 12 heavy (non-hydrogen) atoms. The summed E-state index contributed by atoms with van der Waals surface area (Å²) >= 11 is 5.80. The molecule has 0 amide bonds. The Labute approximate surface area is 79.6 Å². The van der Waals surface area contributed by atoms with E-state index in [4.69, 9.17) is 11.6 Å². The van der Waals surface area contributed by atoms with E-state index in [2.05, 4.69) is 32.9 Å². The van der Waals surface area contributed by atoms with Crippen LogP contribution in [0.2, 0.25) is 5.02 Å². The van der Waals surface area contributed by atoms with Crippen LogP contribution < -0.4 is 0 Å². The van der Waals surface area contributed by atoms with Gasteiger partial charge in [0.25, 0.3) is 0 Å². The lowest BCUT2D eigenvalue weighted by molar-refractivity contribution is 0.506. The van der Waals surface area contributed by atoms with Crippen LogP contribution in [0.1, 0.15) is 32.8 Å². The van der Waals surface area contributed by atoms with Crippen molar-refractivity contribution >= 4 is 11.6 Å². The van der Waals surface area contributed by atoms with E-state index in [0.29, 0.717) is 0 Å². The molecule has 0 saturated heterocycles. The van der Waals surface area contributed by atoms with E-state index in [9.17, 15) is 0 Å². The molecule has 0 aliphatic heterocycles. The fourth-order valence-corrected chi connectivity index (χ4v) is 1.23. The first-order chi connectivity index (χ1) is 5.56. The van der Waals surface area contributed by atoms with Crippen LogP contribution in [0.5, 0.6) is 0 Å². The van der Waals surface area contributed by atoms with Crippen LogP contribution in [-0.4, -0.2) is 0 Å². The van der Waals surface area contributed by atoms with Crippen molar-refractivity contribution in [2.24, 2.45) is 0 Å². The molecular weight excluding hydrogens is 168 g/mol. The molecule has 0 unspecified atom stereocenters. The van der Waals surface area contributed by atoms with E-state index in [1.54, 1.807) is 0 Å². The van der Waals surface area contributed by atoms with Crippen molar-refractivity contribution in [2.75, 3.05) is 0 Å². The quantitative estimate of drug-likeness (QED) is 0.648. The highest BCUT2D eigenvalue weighted by Gasteiger charge is 2.16. The Kier molecular flexibility index (Phi) is 2.79. The highest BCUT2D eigenvalue weighted by Crippen LogP contribution is 2.27. The van der Waals surface area contributed by atoms with Gasteiger partial charge in [-0.1, -0.05) is 44.5 Å². The zero-order valence-electron chi connectivity index (χ0n) is 7.89. The van der Waals surface area contributed by atoms with Crippen molar-refractivity contribution in [1.29, 1.82) is 0 Å². The fourth-order valence-electron chi connectivity index (χ4n) is 1.11. The van der Waals surface area contributed by atoms with Gasteiger partial charge in [0.1, 0.15) is 0 Å². The molecule has 66 valence electrons. The van der Waals surface area contributed by atoms with Crippen molar-refractivity contribution in [2.45, 2.75) is 32.6 Å². The number of halogens is 1. The minimum absolute atomic E-state index is 0.268. The second kappa shape index (κ2) is 3.49. The number of benzene rings is 1. The molecule has 0 N–H and O–H groups in total. The summed E-state index contributed by atoms with van der Waals surface area (Å²) in [4.78, 5) is 0. The van der Waals surface area contributed by atoms with Crippen LogP contribution in [0.3, 0.4) is 0 Å². The summed E-state index contributed by atoms with van der Waals surface area (Å²) in [6, 6.07) is 8.11. The molecule has 0 aromatic heterocycles. The van der Waals surface area contributed by atoms with E-state index in [0.717, 1.165) is 11.4 Å². The van der Waals surface area contributed by atoms with E-state index < -0.39 is 0 Å². The largest absolute Gasteiger partial charge is 0.0843 e. The van der Waals surface area contributed by atoms with E-state index >= 15 is 0 Å². The SMILES string of the molecule is CCC(C)(C)c1ccc(Cl)cc1. The smallest absolute Gasteiger partial charge is 0.0406 e. The summed E-state index contributed by atoms with van der Waals surface area (Å²) < 4.78 is 0. The third-order valence-electron chi connectivity index (χ3n) is 2.51. The number of hydrogen-bond donors (Lipinski definition) is 0. The minimum Gasteiger partial charge on any atom is -0.0843 e. The first-order valence-electron chi connectivity index (χ1n) is 4.32. The Morgan fingerprint density at radius 2 is 1.67 bits per heavy atom. The van der Waals surface area contributed by atoms with Gasteiger partial charge >= 0.3 is 0 Å². The Balaban J connectivity index is 2.96. The molecule has 1 rings (SSSR count). The third kappa shape index (κ3) is 2.01. The summed E-state index contributed by atoms with van der Waals surface area (Å²) in [6.07, 6.45) is 1.15. The zero-order valence-corrected chi connectivity index (χ0v) is 8.65. The molecule has 1 heteroatoms. The van der Waals surface area contributed by atoms with Crippen molar-refractivity contribution in [3.05, 3.63) is 34.9 Å². The second-order valence-corrected chi connectivity index (χ2v) is 4.18. The highest BCUT2D eigenvalue weighted by atomic mass is 35.5.